The molecule has 1 atom stereocenters. The van der Waals surface area contributed by atoms with Gasteiger partial charge >= 0.3 is 0 Å². The van der Waals surface area contributed by atoms with Crippen molar-refractivity contribution >= 4 is 27.5 Å². The lowest BCUT2D eigenvalue weighted by molar-refractivity contribution is 0.591. The number of anilines is 1. The number of benzene rings is 4. The molecule has 0 aliphatic rings. The van der Waals surface area contributed by atoms with Gasteiger partial charge in [0.1, 0.15) is 0 Å². The zero-order valence-electron chi connectivity index (χ0n) is 31.2. The van der Waals surface area contributed by atoms with Gasteiger partial charge in [-0.15, -0.1) is 0 Å². The smallest absolute Gasteiger partial charge is 0.0541 e. The van der Waals surface area contributed by atoms with Gasteiger partial charge in [0.2, 0.25) is 0 Å². The van der Waals surface area contributed by atoms with E-state index in [0.717, 1.165) is 34.4 Å². The molecule has 5 aromatic rings. The number of nitrogens with one attached hydrogen (secondary N) is 1. The van der Waals surface area contributed by atoms with E-state index in [9.17, 15) is 0 Å². The molecule has 1 aromatic heterocycles. The molecular weight excluding hydrogens is 617 g/mol. The van der Waals surface area contributed by atoms with Crippen molar-refractivity contribution in [2.24, 2.45) is 0 Å². The van der Waals surface area contributed by atoms with Crippen molar-refractivity contribution in [2.45, 2.75) is 59.4 Å². The Balaban J connectivity index is 1.41. The standard InChI is InChI=1S/C49H52N2/c1-10-18-35(3)36(4)20-15-16-21-39(37(5)19-11-2)27-26-38(6)50-43-23-17-22-40(32-43)41-28-30-47-45(33-41)46-34-42(49(7,8)9)29-31-48(46)51(47)44-24-13-12-14-25-44/h10-15,17-34,38,50H,3-5,16H2,1-2,6-9H3/b18-10-,19-11-,20-15-,27-26-,39-21+. The van der Waals surface area contributed by atoms with E-state index in [-0.39, 0.29) is 11.5 Å². The van der Waals surface area contributed by atoms with Crippen molar-refractivity contribution in [1.82, 2.24) is 4.57 Å². The fraction of sp³-hybridized carbons (Fsp3) is 0.184. The van der Waals surface area contributed by atoms with Crippen LogP contribution in [-0.4, -0.2) is 10.6 Å². The van der Waals surface area contributed by atoms with Crippen molar-refractivity contribution < 1.29 is 0 Å². The van der Waals surface area contributed by atoms with E-state index >= 15 is 0 Å². The molecule has 4 aromatic carbocycles. The summed E-state index contributed by atoms with van der Waals surface area (Å²) in [5.74, 6) is 0. The highest BCUT2D eigenvalue weighted by atomic mass is 15.0. The third-order valence-corrected chi connectivity index (χ3v) is 9.11. The molecule has 5 rings (SSSR count). The van der Waals surface area contributed by atoms with Crippen LogP contribution in [0.15, 0.2) is 188 Å². The van der Waals surface area contributed by atoms with E-state index in [2.05, 4.69) is 173 Å². The van der Waals surface area contributed by atoms with Gasteiger partial charge in [-0.05, 0) is 120 Å². The molecule has 0 bridgehead atoms. The van der Waals surface area contributed by atoms with Gasteiger partial charge in [0.25, 0.3) is 0 Å². The summed E-state index contributed by atoms with van der Waals surface area (Å²) in [6.07, 6.45) is 19.5. The quantitative estimate of drug-likeness (QED) is 0.124. The van der Waals surface area contributed by atoms with Gasteiger partial charge in [0, 0.05) is 28.2 Å². The third-order valence-electron chi connectivity index (χ3n) is 9.11. The molecule has 0 radical (unpaired) electrons. The van der Waals surface area contributed by atoms with E-state index in [4.69, 9.17) is 0 Å². The minimum atomic E-state index is 0.0586. The summed E-state index contributed by atoms with van der Waals surface area (Å²) < 4.78 is 2.38. The van der Waals surface area contributed by atoms with E-state index in [1.807, 2.05) is 44.2 Å². The summed E-state index contributed by atoms with van der Waals surface area (Å²) >= 11 is 0. The molecule has 258 valence electrons. The van der Waals surface area contributed by atoms with Crippen LogP contribution in [0.5, 0.6) is 0 Å². The molecule has 0 amide bonds. The van der Waals surface area contributed by atoms with Crippen LogP contribution >= 0.6 is 0 Å². The van der Waals surface area contributed by atoms with E-state index in [0.29, 0.717) is 0 Å². The largest absolute Gasteiger partial charge is 0.379 e. The maximum Gasteiger partial charge on any atom is 0.0541 e. The lowest BCUT2D eigenvalue weighted by Crippen LogP contribution is -2.11. The highest BCUT2D eigenvalue weighted by Crippen LogP contribution is 2.37. The molecular formula is C49H52N2. The number of fused-ring (bicyclic) bond motifs is 3. The first-order valence-electron chi connectivity index (χ1n) is 17.9. The number of allylic oxidation sites excluding steroid dienone is 12. The molecule has 2 heteroatoms. The van der Waals surface area contributed by atoms with Gasteiger partial charge in [-0.2, -0.15) is 0 Å². The topological polar surface area (TPSA) is 17.0 Å². The Morgan fingerprint density at radius 2 is 1.35 bits per heavy atom. The lowest BCUT2D eigenvalue weighted by Gasteiger charge is -2.19. The van der Waals surface area contributed by atoms with Gasteiger partial charge in [0.15, 0.2) is 0 Å². The summed E-state index contributed by atoms with van der Waals surface area (Å²) in [4.78, 5) is 0. The van der Waals surface area contributed by atoms with Gasteiger partial charge < -0.3 is 9.88 Å². The summed E-state index contributed by atoms with van der Waals surface area (Å²) in [5.41, 5.74) is 12.4. The Labute approximate surface area is 305 Å². The molecule has 0 aliphatic carbocycles. The summed E-state index contributed by atoms with van der Waals surface area (Å²) in [5, 5.41) is 6.23. The van der Waals surface area contributed by atoms with Gasteiger partial charge in [-0.1, -0.05) is 138 Å². The van der Waals surface area contributed by atoms with Crippen molar-refractivity contribution in [3.8, 4) is 16.8 Å². The minimum Gasteiger partial charge on any atom is -0.379 e. The average molecular weight is 669 g/mol. The first kappa shape index (κ1) is 36.7. The second-order valence-corrected chi connectivity index (χ2v) is 14.1. The first-order chi connectivity index (χ1) is 24.5. The second-order valence-electron chi connectivity index (χ2n) is 14.1. The molecule has 0 saturated carbocycles. The van der Waals surface area contributed by atoms with Gasteiger partial charge in [-0.25, -0.2) is 0 Å². The van der Waals surface area contributed by atoms with Crippen molar-refractivity contribution in [3.05, 3.63) is 193 Å². The number of para-hydroxylation sites is 1. The van der Waals surface area contributed by atoms with Crippen LogP contribution < -0.4 is 5.32 Å². The summed E-state index contributed by atoms with van der Waals surface area (Å²) in [6, 6.07) is 33.3. The second kappa shape index (κ2) is 16.4. The minimum absolute atomic E-state index is 0.0586. The summed E-state index contributed by atoms with van der Waals surface area (Å²) in [7, 11) is 0. The molecule has 2 nitrogen and oxygen atoms in total. The van der Waals surface area contributed by atoms with Crippen molar-refractivity contribution in [1.29, 1.82) is 0 Å². The lowest BCUT2D eigenvalue weighted by atomic mass is 9.86. The molecule has 0 aliphatic heterocycles. The molecule has 51 heavy (non-hydrogen) atoms. The van der Waals surface area contributed by atoms with Crippen LogP contribution in [0.2, 0.25) is 0 Å². The van der Waals surface area contributed by atoms with Crippen LogP contribution in [0, 0.1) is 0 Å². The predicted octanol–water partition coefficient (Wildman–Crippen LogP) is 13.8. The highest BCUT2D eigenvalue weighted by Gasteiger charge is 2.18. The van der Waals surface area contributed by atoms with Crippen molar-refractivity contribution in [2.75, 3.05) is 5.32 Å². The number of nitrogens with zero attached hydrogens (tertiary/aromatic N) is 1. The Hall–Kier alpha value is -5.60. The third kappa shape index (κ3) is 8.96. The number of rotatable bonds is 13. The summed E-state index contributed by atoms with van der Waals surface area (Å²) in [6.45, 7) is 25.5. The molecule has 1 unspecified atom stereocenters. The van der Waals surface area contributed by atoms with Crippen LogP contribution in [-0.2, 0) is 5.41 Å². The molecule has 0 fully saturated rings. The normalized spacial score (nSPS) is 13.3. The zero-order chi connectivity index (χ0) is 36.5. The fourth-order valence-electron chi connectivity index (χ4n) is 6.30. The average Bonchev–Trinajstić information content (AvgIpc) is 3.44. The van der Waals surface area contributed by atoms with E-state index < -0.39 is 0 Å². The Morgan fingerprint density at radius 1 is 0.706 bits per heavy atom. The molecule has 0 saturated heterocycles. The monoisotopic (exact) mass is 668 g/mol. The van der Waals surface area contributed by atoms with E-state index in [1.54, 1.807) is 0 Å². The predicted molar refractivity (Wildman–Crippen MR) is 226 cm³/mol. The van der Waals surface area contributed by atoms with E-state index in [1.165, 1.54) is 44.2 Å². The number of aromatic nitrogens is 1. The SMILES string of the molecule is C=C(/C=C\C)C(=C)/C=C\C/C=C(\C=C/C(C)Nc1cccc(-c2ccc3c(c2)c2cc(C(C)(C)C)ccc2n3-c2ccccc2)c1)C(=C)/C=C\C. The Kier molecular flexibility index (Phi) is 11.8. The van der Waals surface area contributed by atoms with Crippen LogP contribution in [0.3, 0.4) is 0 Å². The van der Waals surface area contributed by atoms with Crippen molar-refractivity contribution in [3.63, 3.8) is 0 Å². The van der Waals surface area contributed by atoms with Gasteiger partial charge in [0.05, 0.1) is 11.0 Å². The van der Waals surface area contributed by atoms with Crippen LogP contribution in [0.4, 0.5) is 5.69 Å². The maximum absolute atomic E-state index is 4.30. The van der Waals surface area contributed by atoms with Gasteiger partial charge in [-0.3, -0.25) is 0 Å². The Bertz CT molecular complexity index is 2200. The molecule has 0 spiro atoms. The Morgan fingerprint density at radius 3 is 2.06 bits per heavy atom. The number of hydrogen-bond acceptors (Lipinski definition) is 1. The maximum atomic E-state index is 4.30. The molecule has 1 heterocycles. The molecule has 1 N–H and O–H groups in total. The van der Waals surface area contributed by atoms with Crippen LogP contribution in [0.25, 0.3) is 38.6 Å². The van der Waals surface area contributed by atoms with Crippen LogP contribution in [0.1, 0.15) is 53.5 Å². The number of hydrogen-bond donors (Lipinski definition) is 1. The fourth-order valence-corrected chi connectivity index (χ4v) is 6.30. The highest BCUT2D eigenvalue weighted by molar-refractivity contribution is 6.10. The first-order valence-corrected chi connectivity index (χ1v) is 17.9. The zero-order valence-corrected chi connectivity index (χ0v) is 31.2.